The van der Waals surface area contributed by atoms with E-state index < -0.39 is 5.24 Å². The molecule has 0 bridgehead atoms. The van der Waals surface area contributed by atoms with E-state index in [1.54, 1.807) is 19.2 Å². The number of benzene rings is 2. The molecule has 0 aromatic heterocycles. The van der Waals surface area contributed by atoms with Crippen molar-refractivity contribution in [1.82, 2.24) is 4.90 Å². The third-order valence-corrected chi connectivity index (χ3v) is 5.97. The molecule has 29 heavy (non-hydrogen) atoms. The highest BCUT2D eigenvalue weighted by Gasteiger charge is 2.36. The molecular formula is C23H25ClN2O3. The quantitative estimate of drug-likeness (QED) is 0.693. The highest BCUT2D eigenvalue weighted by atomic mass is 35.5. The van der Waals surface area contributed by atoms with E-state index >= 15 is 0 Å². The first kappa shape index (κ1) is 19.9. The average molecular weight is 413 g/mol. The van der Waals surface area contributed by atoms with Crippen molar-refractivity contribution in [3.05, 3.63) is 58.7 Å². The minimum absolute atomic E-state index is 0.228. The molecule has 2 aliphatic heterocycles. The molecule has 0 spiro atoms. The monoisotopic (exact) mass is 412 g/mol. The Hall–Kier alpha value is -2.37. The molecule has 1 fully saturated rings. The minimum atomic E-state index is -0.457. The number of carbonyl (C=O) groups excluding carboxylic acids is 1. The Morgan fingerprint density at radius 3 is 2.66 bits per heavy atom. The molecule has 2 aromatic rings. The maximum absolute atomic E-state index is 11.4. The second kappa shape index (κ2) is 8.17. The summed E-state index contributed by atoms with van der Waals surface area (Å²) in [4.78, 5) is 18.9. The molecule has 0 amide bonds. The van der Waals surface area contributed by atoms with Crippen LogP contribution in [0.3, 0.4) is 0 Å². The van der Waals surface area contributed by atoms with Crippen molar-refractivity contribution >= 4 is 22.6 Å². The van der Waals surface area contributed by atoms with Gasteiger partial charge in [0.25, 0.3) is 5.24 Å². The van der Waals surface area contributed by atoms with Crippen LogP contribution >= 0.6 is 11.6 Å². The lowest BCUT2D eigenvalue weighted by molar-refractivity contribution is 0.108. The van der Waals surface area contributed by atoms with E-state index in [9.17, 15) is 4.79 Å². The normalized spacial score (nSPS) is 21.0. The van der Waals surface area contributed by atoms with E-state index in [0.29, 0.717) is 23.8 Å². The van der Waals surface area contributed by atoms with Crippen LogP contribution in [0.5, 0.6) is 11.5 Å². The fourth-order valence-corrected chi connectivity index (χ4v) is 4.43. The van der Waals surface area contributed by atoms with Crippen molar-refractivity contribution in [3.8, 4) is 11.5 Å². The smallest absolute Gasteiger partial charge is 0.252 e. The fourth-order valence-electron chi connectivity index (χ4n) is 4.30. The van der Waals surface area contributed by atoms with E-state index in [0.717, 1.165) is 42.1 Å². The fraction of sp³-hybridized carbons (Fsp3) is 0.391. The van der Waals surface area contributed by atoms with E-state index in [4.69, 9.17) is 26.1 Å². The number of carbonyl (C=O) groups is 1. The van der Waals surface area contributed by atoms with Crippen molar-refractivity contribution in [2.24, 2.45) is 4.99 Å². The molecule has 0 saturated carbocycles. The summed E-state index contributed by atoms with van der Waals surface area (Å²) in [7, 11) is 3.81. The van der Waals surface area contributed by atoms with Gasteiger partial charge in [-0.25, -0.2) is 0 Å². The second-order valence-corrected chi connectivity index (χ2v) is 7.92. The van der Waals surface area contributed by atoms with Crippen LogP contribution in [-0.2, 0) is 0 Å². The van der Waals surface area contributed by atoms with Gasteiger partial charge in [-0.3, -0.25) is 9.79 Å². The van der Waals surface area contributed by atoms with Crippen LogP contribution in [0.15, 0.2) is 41.4 Å². The van der Waals surface area contributed by atoms with Crippen LogP contribution in [0.25, 0.3) is 0 Å². The lowest BCUT2D eigenvalue weighted by Gasteiger charge is -2.39. The van der Waals surface area contributed by atoms with Gasteiger partial charge in [0.15, 0.2) is 11.5 Å². The number of rotatable bonds is 5. The Morgan fingerprint density at radius 1 is 1.24 bits per heavy atom. The predicted molar refractivity (Wildman–Crippen MR) is 115 cm³/mol. The van der Waals surface area contributed by atoms with Gasteiger partial charge in [-0.05, 0) is 68.4 Å². The van der Waals surface area contributed by atoms with Gasteiger partial charge in [-0.2, -0.15) is 0 Å². The molecular weight excluding hydrogens is 388 g/mol. The van der Waals surface area contributed by atoms with Crippen molar-refractivity contribution in [2.45, 2.75) is 25.3 Å². The van der Waals surface area contributed by atoms with Crippen molar-refractivity contribution < 1.29 is 14.3 Å². The first-order valence-electron chi connectivity index (χ1n) is 9.93. The van der Waals surface area contributed by atoms with Gasteiger partial charge in [-0.1, -0.05) is 12.1 Å². The molecule has 2 aliphatic rings. The molecule has 2 unspecified atom stereocenters. The van der Waals surface area contributed by atoms with Gasteiger partial charge in [0.1, 0.15) is 0 Å². The molecule has 6 heteroatoms. The Bertz CT molecular complexity index is 955. The summed E-state index contributed by atoms with van der Waals surface area (Å²) in [5, 5.41) is -0.457. The average Bonchev–Trinajstić information content (AvgIpc) is 2.73. The van der Waals surface area contributed by atoms with Gasteiger partial charge in [0, 0.05) is 29.2 Å². The predicted octanol–water partition coefficient (Wildman–Crippen LogP) is 4.11. The van der Waals surface area contributed by atoms with Crippen LogP contribution in [-0.4, -0.2) is 55.7 Å². The number of piperidine rings is 1. The number of methoxy groups -OCH3 is 1. The first-order chi connectivity index (χ1) is 14.0. The number of nitrogens with zero attached hydrogens (tertiary/aromatic N) is 2. The highest BCUT2D eigenvalue weighted by Crippen LogP contribution is 2.42. The van der Waals surface area contributed by atoms with E-state index in [-0.39, 0.29) is 6.04 Å². The summed E-state index contributed by atoms with van der Waals surface area (Å²) in [6.07, 6.45) is 1.01. The molecule has 2 atom stereocenters. The number of ether oxygens (including phenoxy) is 2. The third-order valence-electron chi connectivity index (χ3n) is 5.75. The zero-order valence-electron chi connectivity index (χ0n) is 16.9. The topological polar surface area (TPSA) is 51.1 Å². The molecule has 0 radical (unpaired) electrons. The second-order valence-electron chi connectivity index (χ2n) is 7.58. The molecule has 152 valence electrons. The number of halogens is 1. The zero-order chi connectivity index (χ0) is 20.5. The maximum Gasteiger partial charge on any atom is 0.252 e. The van der Waals surface area contributed by atoms with Crippen LogP contribution < -0.4 is 9.47 Å². The molecule has 1 saturated heterocycles. The summed E-state index contributed by atoms with van der Waals surface area (Å²) in [6.45, 7) is 4.55. The SMILES string of the molecule is CCOc1cc2c(cc1OC)C(c1ccc(C(=O)Cl)cc1)=NC1CCN(C)CC21. The van der Waals surface area contributed by atoms with Gasteiger partial charge in [-0.15, -0.1) is 0 Å². The number of hydrogen-bond donors (Lipinski definition) is 0. The largest absolute Gasteiger partial charge is 0.493 e. The molecule has 5 nitrogen and oxygen atoms in total. The molecule has 2 aromatic carbocycles. The summed E-state index contributed by atoms with van der Waals surface area (Å²) < 4.78 is 11.5. The Kier molecular flexibility index (Phi) is 5.61. The standard InChI is InChI=1S/C23H25ClN2O3/c1-4-29-21-11-16-17(12-20(21)28-3)22(14-5-7-15(8-6-14)23(24)27)25-19-9-10-26(2)13-18(16)19/h5-8,11-12,18-19H,4,9-10,13H2,1-3H3. The van der Waals surface area contributed by atoms with Gasteiger partial charge in [0.05, 0.1) is 25.5 Å². The lowest BCUT2D eigenvalue weighted by Crippen LogP contribution is -2.41. The van der Waals surface area contributed by atoms with Crippen molar-refractivity contribution in [1.29, 1.82) is 0 Å². The van der Waals surface area contributed by atoms with E-state index in [1.807, 2.05) is 25.1 Å². The van der Waals surface area contributed by atoms with Crippen LogP contribution in [0.2, 0.25) is 0 Å². The number of fused-ring (bicyclic) bond motifs is 3. The summed E-state index contributed by atoms with van der Waals surface area (Å²) in [6, 6.07) is 11.7. The van der Waals surface area contributed by atoms with Gasteiger partial charge in [0.2, 0.25) is 0 Å². The summed E-state index contributed by atoms with van der Waals surface area (Å²) >= 11 is 5.61. The number of hydrogen-bond acceptors (Lipinski definition) is 5. The molecule has 4 rings (SSSR count). The molecule has 0 aliphatic carbocycles. The van der Waals surface area contributed by atoms with Crippen molar-refractivity contribution in [2.75, 3.05) is 33.9 Å². The Balaban J connectivity index is 1.85. The summed E-state index contributed by atoms with van der Waals surface area (Å²) in [5.74, 6) is 1.79. The Labute approximate surface area is 176 Å². The van der Waals surface area contributed by atoms with E-state index in [1.165, 1.54) is 5.56 Å². The van der Waals surface area contributed by atoms with Crippen LogP contribution in [0, 0.1) is 0 Å². The Morgan fingerprint density at radius 2 is 2.00 bits per heavy atom. The summed E-state index contributed by atoms with van der Waals surface area (Å²) in [5.41, 5.74) is 4.69. The van der Waals surface area contributed by atoms with Crippen LogP contribution in [0.1, 0.15) is 46.3 Å². The minimum Gasteiger partial charge on any atom is -0.493 e. The van der Waals surface area contributed by atoms with Crippen molar-refractivity contribution in [3.63, 3.8) is 0 Å². The number of likely N-dealkylation sites (N-methyl/N-ethyl adjacent to an activating group) is 1. The first-order valence-corrected chi connectivity index (χ1v) is 10.3. The van der Waals surface area contributed by atoms with Crippen LogP contribution in [0.4, 0.5) is 0 Å². The van der Waals surface area contributed by atoms with Gasteiger partial charge < -0.3 is 14.4 Å². The molecule has 0 N–H and O–H groups in total. The highest BCUT2D eigenvalue weighted by molar-refractivity contribution is 6.67. The van der Waals surface area contributed by atoms with Gasteiger partial charge >= 0.3 is 0 Å². The number of aliphatic imine (C=N–C) groups is 1. The maximum atomic E-state index is 11.4. The van der Waals surface area contributed by atoms with E-state index in [2.05, 4.69) is 18.0 Å². The molecule has 2 heterocycles. The zero-order valence-corrected chi connectivity index (χ0v) is 17.7. The third kappa shape index (κ3) is 3.77. The number of likely N-dealkylation sites (tertiary alicyclic amines) is 1. The lowest BCUT2D eigenvalue weighted by atomic mass is 9.79.